The van der Waals surface area contributed by atoms with Gasteiger partial charge >= 0.3 is 0 Å². The largest absolute Gasteiger partial charge is 0.494 e. The van der Waals surface area contributed by atoms with Gasteiger partial charge in [0.2, 0.25) is 0 Å². The molecule has 0 spiro atoms. The van der Waals surface area contributed by atoms with E-state index in [1.54, 1.807) is 0 Å². The van der Waals surface area contributed by atoms with Gasteiger partial charge in [-0.3, -0.25) is 0 Å². The van der Waals surface area contributed by atoms with Crippen LogP contribution < -0.4 is 14.8 Å². The van der Waals surface area contributed by atoms with Gasteiger partial charge in [0.25, 0.3) is 0 Å². The summed E-state index contributed by atoms with van der Waals surface area (Å²) in [5.41, 5.74) is 2.26. The molecule has 2 aromatic carbocycles. The molecule has 0 amide bonds. The van der Waals surface area contributed by atoms with Gasteiger partial charge in [-0.25, -0.2) is 0 Å². The third kappa shape index (κ3) is 7.79. The Morgan fingerprint density at radius 1 is 0.885 bits per heavy atom. The predicted molar refractivity (Wildman–Crippen MR) is 107 cm³/mol. The molecule has 2 rings (SSSR count). The van der Waals surface area contributed by atoms with Gasteiger partial charge in [0, 0.05) is 24.9 Å². The summed E-state index contributed by atoms with van der Waals surface area (Å²) < 4.78 is 16.7. The fraction of sp³-hybridized carbons (Fsp3) is 0.455. The van der Waals surface area contributed by atoms with Crippen LogP contribution in [0.3, 0.4) is 0 Å². The molecule has 26 heavy (non-hydrogen) atoms. The minimum absolute atomic E-state index is 0.578. The lowest BCUT2D eigenvalue weighted by Gasteiger charge is -2.11. The lowest BCUT2D eigenvalue weighted by Crippen LogP contribution is -2.06. The van der Waals surface area contributed by atoms with Crippen LogP contribution in [0.2, 0.25) is 0 Å². The zero-order valence-corrected chi connectivity index (χ0v) is 16.2. The molecule has 0 aliphatic carbocycles. The summed E-state index contributed by atoms with van der Waals surface area (Å²) in [5, 5.41) is 3.44. The first kappa shape index (κ1) is 20.1. The number of hydrogen-bond donors (Lipinski definition) is 1. The third-order valence-corrected chi connectivity index (χ3v) is 3.92. The van der Waals surface area contributed by atoms with Gasteiger partial charge in [0.05, 0.1) is 13.2 Å². The van der Waals surface area contributed by atoms with E-state index in [-0.39, 0.29) is 0 Å². The van der Waals surface area contributed by atoms with Gasteiger partial charge in [-0.1, -0.05) is 32.0 Å². The topological polar surface area (TPSA) is 39.7 Å². The summed E-state index contributed by atoms with van der Waals surface area (Å²) in [6.45, 7) is 9.82. The molecular formula is C22H31NO3. The smallest absolute Gasteiger partial charge is 0.121 e. The highest BCUT2D eigenvalue weighted by molar-refractivity contribution is 5.48. The first-order valence-electron chi connectivity index (χ1n) is 9.43. The Kier molecular flexibility index (Phi) is 8.84. The van der Waals surface area contributed by atoms with E-state index < -0.39 is 0 Å². The SMILES string of the molecule is CCOCCOc1ccc(CNc2cccc(OCCC(C)C)c2)cc1. The van der Waals surface area contributed by atoms with Crippen molar-refractivity contribution in [3.63, 3.8) is 0 Å². The van der Waals surface area contributed by atoms with E-state index in [2.05, 4.69) is 37.4 Å². The van der Waals surface area contributed by atoms with E-state index >= 15 is 0 Å². The first-order chi connectivity index (χ1) is 12.7. The maximum atomic E-state index is 5.81. The molecule has 142 valence electrons. The monoisotopic (exact) mass is 357 g/mol. The molecule has 0 bridgehead atoms. The van der Waals surface area contributed by atoms with Gasteiger partial charge in [-0.05, 0) is 49.1 Å². The van der Waals surface area contributed by atoms with Gasteiger partial charge in [-0.2, -0.15) is 0 Å². The zero-order chi connectivity index (χ0) is 18.6. The Morgan fingerprint density at radius 2 is 1.65 bits per heavy atom. The number of ether oxygens (including phenoxy) is 3. The molecule has 4 nitrogen and oxygen atoms in total. The second-order valence-electron chi connectivity index (χ2n) is 6.60. The summed E-state index contributed by atoms with van der Waals surface area (Å²) in [5.74, 6) is 2.44. The molecule has 0 radical (unpaired) electrons. The van der Waals surface area contributed by atoms with E-state index in [9.17, 15) is 0 Å². The lowest BCUT2D eigenvalue weighted by atomic mass is 10.1. The minimum Gasteiger partial charge on any atom is -0.494 e. The summed E-state index contributed by atoms with van der Waals surface area (Å²) in [6.07, 6.45) is 1.07. The maximum absolute atomic E-state index is 5.81. The van der Waals surface area contributed by atoms with Crippen molar-refractivity contribution in [2.75, 3.05) is 31.7 Å². The average Bonchev–Trinajstić information content (AvgIpc) is 2.65. The lowest BCUT2D eigenvalue weighted by molar-refractivity contribution is 0.110. The molecule has 0 fully saturated rings. The number of hydrogen-bond acceptors (Lipinski definition) is 4. The quantitative estimate of drug-likeness (QED) is 0.534. The van der Waals surface area contributed by atoms with Crippen LogP contribution in [0.25, 0.3) is 0 Å². The van der Waals surface area contributed by atoms with Crippen molar-refractivity contribution in [1.82, 2.24) is 0 Å². The number of benzene rings is 2. The Morgan fingerprint density at radius 3 is 2.38 bits per heavy atom. The van der Waals surface area contributed by atoms with Crippen LogP contribution in [0.15, 0.2) is 48.5 Å². The van der Waals surface area contributed by atoms with Crippen molar-refractivity contribution in [3.05, 3.63) is 54.1 Å². The Bertz CT molecular complexity index is 626. The van der Waals surface area contributed by atoms with Crippen molar-refractivity contribution in [2.45, 2.75) is 33.7 Å². The molecule has 0 atom stereocenters. The fourth-order valence-corrected chi connectivity index (χ4v) is 2.38. The van der Waals surface area contributed by atoms with Crippen molar-refractivity contribution in [3.8, 4) is 11.5 Å². The van der Waals surface area contributed by atoms with E-state index in [0.717, 1.165) is 43.4 Å². The van der Waals surface area contributed by atoms with E-state index in [0.29, 0.717) is 19.1 Å². The highest BCUT2D eigenvalue weighted by Gasteiger charge is 2.00. The third-order valence-electron chi connectivity index (χ3n) is 3.92. The molecule has 0 saturated heterocycles. The molecule has 0 unspecified atom stereocenters. The number of rotatable bonds is 12. The summed E-state index contributed by atoms with van der Waals surface area (Å²) >= 11 is 0. The van der Waals surface area contributed by atoms with Gasteiger partial charge in [0.15, 0.2) is 0 Å². The Balaban J connectivity index is 1.77. The minimum atomic E-state index is 0.578. The fourth-order valence-electron chi connectivity index (χ4n) is 2.38. The summed E-state index contributed by atoms with van der Waals surface area (Å²) in [4.78, 5) is 0. The number of nitrogens with one attached hydrogen (secondary N) is 1. The van der Waals surface area contributed by atoms with Gasteiger partial charge in [-0.15, -0.1) is 0 Å². The molecule has 1 N–H and O–H groups in total. The molecule has 0 saturated carbocycles. The standard InChI is InChI=1S/C22H31NO3/c1-4-24-14-15-26-21-10-8-19(9-11-21)17-23-20-6-5-7-22(16-20)25-13-12-18(2)3/h5-11,16,18,23H,4,12-15,17H2,1-3H3. The van der Waals surface area contributed by atoms with Crippen LogP contribution in [-0.4, -0.2) is 26.4 Å². The molecule has 4 heteroatoms. The highest BCUT2D eigenvalue weighted by atomic mass is 16.5. The summed E-state index contributed by atoms with van der Waals surface area (Å²) in [6, 6.07) is 16.3. The van der Waals surface area contributed by atoms with Crippen LogP contribution in [0.4, 0.5) is 5.69 Å². The second-order valence-corrected chi connectivity index (χ2v) is 6.60. The Hall–Kier alpha value is -2.20. The molecule has 0 aromatic heterocycles. The normalized spacial score (nSPS) is 10.8. The molecule has 0 aliphatic heterocycles. The van der Waals surface area contributed by atoms with Gasteiger partial charge < -0.3 is 19.5 Å². The van der Waals surface area contributed by atoms with Crippen molar-refractivity contribution in [2.24, 2.45) is 5.92 Å². The van der Waals surface area contributed by atoms with Crippen LogP contribution in [0.1, 0.15) is 32.8 Å². The Labute approximate surface area is 157 Å². The van der Waals surface area contributed by atoms with Crippen molar-refractivity contribution < 1.29 is 14.2 Å². The van der Waals surface area contributed by atoms with Crippen LogP contribution >= 0.6 is 0 Å². The summed E-state index contributed by atoms with van der Waals surface area (Å²) in [7, 11) is 0. The predicted octanol–water partition coefficient (Wildman–Crippen LogP) is 5.14. The maximum Gasteiger partial charge on any atom is 0.121 e. The van der Waals surface area contributed by atoms with Crippen LogP contribution in [0, 0.1) is 5.92 Å². The molecule has 0 heterocycles. The molecular weight excluding hydrogens is 326 g/mol. The highest BCUT2D eigenvalue weighted by Crippen LogP contribution is 2.19. The zero-order valence-electron chi connectivity index (χ0n) is 16.2. The second kappa shape index (κ2) is 11.4. The van der Waals surface area contributed by atoms with E-state index in [1.165, 1.54) is 5.56 Å². The molecule has 0 aliphatic rings. The average molecular weight is 357 g/mol. The van der Waals surface area contributed by atoms with E-state index in [4.69, 9.17) is 14.2 Å². The first-order valence-corrected chi connectivity index (χ1v) is 9.43. The van der Waals surface area contributed by atoms with Crippen LogP contribution in [0.5, 0.6) is 11.5 Å². The van der Waals surface area contributed by atoms with Crippen molar-refractivity contribution in [1.29, 1.82) is 0 Å². The van der Waals surface area contributed by atoms with E-state index in [1.807, 2.05) is 37.3 Å². The van der Waals surface area contributed by atoms with Crippen LogP contribution in [-0.2, 0) is 11.3 Å². The number of anilines is 1. The molecule has 2 aromatic rings. The van der Waals surface area contributed by atoms with Gasteiger partial charge in [0.1, 0.15) is 18.1 Å². The van der Waals surface area contributed by atoms with Crippen molar-refractivity contribution >= 4 is 5.69 Å².